The quantitative estimate of drug-likeness (QED) is 0.897. The molecule has 0 radical (unpaired) electrons. The van der Waals surface area contributed by atoms with Crippen LogP contribution in [0.5, 0.6) is 0 Å². The molecule has 0 aliphatic carbocycles. The van der Waals surface area contributed by atoms with E-state index in [1.54, 1.807) is 6.07 Å². The lowest BCUT2D eigenvalue weighted by Crippen LogP contribution is -2.10. The van der Waals surface area contributed by atoms with Crippen LogP contribution in [0.15, 0.2) is 48.5 Å². The fourth-order valence-electron chi connectivity index (χ4n) is 2.11. The minimum Gasteiger partial charge on any atom is -0.377 e. The molecule has 0 saturated carbocycles. The predicted octanol–water partition coefficient (Wildman–Crippen LogP) is 3.69. The van der Waals surface area contributed by atoms with Gasteiger partial charge in [-0.25, -0.2) is 0 Å². The Kier molecular flexibility index (Phi) is 4.57. The van der Waals surface area contributed by atoms with Crippen molar-refractivity contribution < 1.29 is 4.79 Å². The van der Waals surface area contributed by atoms with Crippen molar-refractivity contribution >= 4 is 17.3 Å². The van der Waals surface area contributed by atoms with Crippen molar-refractivity contribution in [2.45, 2.75) is 19.9 Å². The van der Waals surface area contributed by atoms with Gasteiger partial charge in [-0.15, -0.1) is 0 Å². The van der Waals surface area contributed by atoms with Crippen LogP contribution in [-0.4, -0.2) is 5.91 Å². The molecule has 4 heteroatoms. The summed E-state index contributed by atoms with van der Waals surface area (Å²) in [5.41, 5.74) is 3.22. The van der Waals surface area contributed by atoms with Crippen LogP contribution < -0.4 is 10.6 Å². The molecule has 2 aromatic rings. The van der Waals surface area contributed by atoms with Gasteiger partial charge in [-0.2, -0.15) is 5.26 Å². The van der Waals surface area contributed by atoms with Gasteiger partial charge in [0, 0.05) is 18.7 Å². The third-order valence-corrected chi connectivity index (χ3v) is 3.13. The molecule has 0 saturated heterocycles. The average Bonchev–Trinajstić information content (AvgIpc) is 2.47. The van der Waals surface area contributed by atoms with Crippen molar-refractivity contribution in [3.8, 4) is 6.07 Å². The molecule has 0 spiro atoms. The number of amides is 1. The van der Waals surface area contributed by atoms with E-state index in [2.05, 4.69) is 16.7 Å². The van der Waals surface area contributed by atoms with Gasteiger partial charge in [-0.1, -0.05) is 24.3 Å². The molecular weight excluding hydrogens is 262 g/mol. The van der Waals surface area contributed by atoms with Crippen molar-refractivity contribution in [2.24, 2.45) is 0 Å². The molecule has 0 aliphatic heterocycles. The Morgan fingerprint density at radius 1 is 1.19 bits per heavy atom. The SMILES string of the molecule is CC(=O)Nc1cccc(C(C)Nc2ccccc2C#N)c1. The zero-order chi connectivity index (χ0) is 15.2. The van der Waals surface area contributed by atoms with E-state index in [0.29, 0.717) is 5.56 Å². The minimum atomic E-state index is -0.0948. The number of nitrogens with one attached hydrogen (secondary N) is 2. The van der Waals surface area contributed by atoms with Crippen LogP contribution in [0.4, 0.5) is 11.4 Å². The van der Waals surface area contributed by atoms with Crippen molar-refractivity contribution in [1.29, 1.82) is 5.26 Å². The van der Waals surface area contributed by atoms with E-state index in [1.165, 1.54) is 6.92 Å². The Morgan fingerprint density at radius 2 is 1.95 bits per heavy atom. The van der Waals surface area contributed by atoms with Crippen LogP contribution in [0.3, 0.4) is 0 Å². The monoisotopic (exact) mass is 279 g/mol. The summed E-state index contributed by atoms with van der Waals surface area (Å²) in [7, 11) is 0. The Balaban J connectivity index is 2.18. The summed E-state index contributed by atoms with van der Waals surface area (Å²) < 4.78 is 0. The summed E-state index contributed by atoms with van der Waals surface area (Å²) in [5.74, 6) is -0.0948. The number of hydrogen-bond donors (Lipinski definition) is 2. The molecule has 0 aliphatic rings. The number of anilines is 2. The van der Waals surface area contributed by atoms with E-state index in [-0.39, 0.29) is 11.9 Å². The summed E-state index contributed by atoms with van der Waals surface area (Å²) in [6.07, 6.45) is 0. The maximum Gasteiger partial charge on any atom is 0.221 e. The summed E-state index contributed by atoms with van der Waals surface area (Å²) in [6, 6.07) is 17.2. The molecule has 4 nitrogen and oxygen atoms in total. The number of nitrogens with zero attached hydrogens (tertiary/aromatic N) is 1. The molecule has 2 N–H and O–H groups in total. The van der Waals surface area contributed by atoms with Crippen LogP contribution in [-0.2, 0) is 4.79 Å². The molecule has 1 atom stereocenters. The Labute approximate surface area is 124 Å². The highest BCUT2D eigenvalue weighted by Gasteiger charge is 2.09. The molecular formula is C17H17N3O. The molecule has 0 aromatic heterocycles. The van der Waals surface area contributed by atoms with E-state index in [9.17, 15) is 4.79 Å². The predicted molar refractivity (Wildman–Crippen MR) is 83.9 cm³/mol. The number of nitriles is 1. The average molecular weight is 279 g/mol. The first-order valence-corrected chi connectivity index (χ1v) is 6.73. The largest absolute Gasteiger partial charge is 0.377 e. The zero-order valence-electron chi connectivity index (χ0n) is 12.1. The topological polar surface area (TPSA) is 64.9 Å². The third kappa shape index (κ3) is 3.83. The molecule has 106 valence electrons. The molecule has 2 aromatic carbocycles. The first-order valence-electron chi connectivity index (χ1n) is 6.73. The number of hydrogen-bond acceptors (Lipinski definition) is 3. The number of rotatable bonds is 4. The molecule has 2 rings (SSSR count). The highest BCUT2D eigenvalue weighted by molar-refractivity contribution is 5.88. The number of carbonyl (C=O) groups is 1. The Hall–Kier alpha value is -2.80. The number of benzene rings is 2. The first kappa shape index (κ1) is 14.6. The summed E-state index contributed by atoms with van der Waals surface area (Å²) in [6.45, 7) is 3.50. The van der Waals surface area contributed by atoms with E-state index >= 15 is 0 Å². The number of carbonyl (C=O) groups excluding carboxylic acids is 1. The van der Waals surface area contributed by atoms with Gasteiger partial charge in [0.25, 0.3) is 0 Å². The van der Waals surface area contributed by atoms with Gasteiger partial charge in [0.2, 0.25) is 5.91 Å². The van der Waals surface area contributed by atoms with Crippen LogP contribution in [0.2, 0.25) is 0 Å². The molecule has 1 amide bonds. The van der Waals surface area contributed by atoms with Gasteiger partial charge >= 0.3 is 0 Å². The third-order valence-electron chi connectivity index (χ3n) is 3.13. The van der Waals surface area contributed by atoms with Crippen LogP contribution in [0.25, 0.3) is 0 Å². The molecule has 0 bridgehead atoms. The Morgan fingerprint density at radius 3 is 2.67 bits per heavy atom. The maximum atomic E-state index is 11.1. The van der Waals surface area contributed by atoms with Crippen molar-refractivity contribution in [3.05, 3.63) is 59.7 Å². The maximum absolute atomic E-state index is 11.1. The summed E-state index contributed by atoms with van der Waals surface area (Å²) in [5, 5.41) is 15.2. The highest BCUT2D eigenvalue weighted by atomic mass is 16.1. The van der Waals surface area contributed by atoms with Gasteiger partial charge in [-0.3, -0.25) is 4.79 Å². The molecule has 0 fully saturated rings. The van der Waals surface area contributed by atoms with Crippen molar-refractivity contribution in [2.75, 3.05) is 10.6 Å². The highest BCUT2D eigenvalue weighted by Crippen LogP contribution is 2.23. The number of para-hydroxylation sites is 1. The minimum absolute atomic E-state index is 0.0215. The summed E-state index contributed by atoms with van der Waals surface area (Å²) >= 11 is 0. The zero-order valence-corrected chi connectivity index (χ0v) is 12.1. The van der Waals surface area contributed by atoms with Gasteiger partial charge in [0.1, 0.15) is 6.07 Å². The van der Waals surface area contributed by atoms with E-state index in [1.807, 2.05) is 49.4 Å². The van der Waals surface area contributed by atoms with Gasteiger partial charge in [0.05, 0.1) is 11.3 Å². The second kappa shape index (κ2) is 6.58. The fourth-order valence-corrected chi connectivity index (χ4v) is 2.11. The van der Waals surface area contributed by atoms with E-state index in [0.717, 1.165) is 16.9 Å². The van der Waals surface area contributed by atoms with E-state index < -0.39 is 0 Å². The van der Waals surface area contributed by atoms with Crippen LogP contribution in [0, 0.1) is 11.3 Å². The first-order chi connectivity index (χ1) is 10.1. The molecule has 21 heavy (non-hydrogen) atoms. The molecule has 0 heterocycles. The van der Waals surface area contributed by atoms with Crippen LogP contribution in [0.1, 0.15) is 31.0 Å². The van der Waals surface area contributed by atoms with Crippen LogP contribution >= 0.6 is 0 Å². The van der Waals surface area contributed by atoms with Gasteiger partial charge < -0.3 is 10.6 Å². The smallest absolute Gasteiger partial charge is 0.221 e. The Bertz CT molecular complexity index is 688. The fraction of sp³-hybridized carbons (Fsp3) is 0.176. The standard InChI is InChI=1S/C17H17N3O/c1-12(19-17-9-4-3-6-15(17)11-18)14-7-5-8-16(10-14)20-13(2)21/h3-10,12,19H,1-2H3,(H,20,21). The lowest BCUT2D eigenvalue weighted by Gasteiger charge is -2.17. The molecule has 1 unspecified atom stereocenters. The van der Waals surface area contributed by atoms with Crippen molar-refractivity contribution in [3.63, 3.8) is 0 Å². The second-order valence-electron chi connectivity index (χ2n) is 4.83. The van der Waals surface area contributed by atoms with E-state index in [4.69, 9.17) is 5.26 Å². The van der Waals surface area contributed by atoms with Gasteiger partial charge in [-0.05, 0) is 36.8 Å². The summed E-state index contributed by atoms with van der Waals surface area (Å²) in [4.78, 5) is 11.1. The lowest BCUT2D eigenvalue weighted by molar-refractivity contribution is -0.114. The normalized spacial score (nSPS) is 11.3. The second-order valence-corrected chi connectivity index (χ2v) is 4.83. The van der Waals surface area contributed by atoms with Crippen molar-refractivity contribution in [1.82, 2.24) is 0 Å². The lowest BCUT2D eigenvalue weighted by atomic mass is 10.1. The van der Waals surface area contributed by atoms with Gasteiger partial charge in [0.15, 0.2) is 0 Å².